The van der Waals surface area contributed by atoms with Gasteiger partial charge in [-0.1, -0.05) is 30.3 Å². The SMILES string of the molecule is Cn1nc(-c2cscn2)cc1C(=O)N1C[C@@H]2C(Oc3cc(C4(C)CCCN4C(=O)OCc4ccccc4)cc(-c4ccc(F)cc4)n3)[C@@H]2C1. The van der Waals surface area contributed by atoms with Crippen LogP contribution in [0.2, 0.25) is 0 Å². The highest BCUT2D eigenvalue weighted by Crippen LogP contribution is 2.49. The summed E-state index contributed by atoms with van der Waals surface area (Å²) >= 11 is 1.49. The smallest absolute Gasteiger partial charge is 0.410 e. The van der Waals surface area contributed by atoms with Gasteiger partial charge in [0.1, 0.15) is 35.6 Å². The highest BCUT2D eigenvalue weighted by atomic mass is 32.1. The zero-order valence-corrected chi connectivity index (χ0v) is 28.0. The Morgan fingerprint density at radius 3 is 2.51 bits per heavy atom. The van der Waals surface area contributed by atoms with E-state index in [1.54, 1.807) is 40.3 Å². The van der Waals surface area contributed by atoms with Crippen molar-refractivity contribution in [3.8, 4) is 28.5 Å². The van der Waals surface area contributed by atoms with Gasteiger partial charge in [-0.2, -0.15) is 5.10 Å². The maximum atomic E-state index is 13.9. The number of piperidine rings is 1. The third-order valence-corrected chi connectivity index (χ3v) is 10.7. The van der Waals surface area contributed by atoms with Gasteiger partial charge in [0.2, 0.25) is 5.88 Å². The number of amides is 2. The van der Waals surface area contributed by atoms with E-state index >= 15 is 0 Å². The normalized spacial score (nSPS) is 22.6. The number of fused-ring (bicyclic) bond motifs is 1. The minimum Gasteiger partial charge on any atom is -0.474 e. The van der Waals surface area contributed by atoms with Gasteiger partial charge in [-0.25, -0.2) is 19.2 Å². The number of benzene rings is 2. The molecule has 49 heavy (non-hydrogen) atoms. The lowest BCUT2D eigenvalue weighted by atomic mass is 9.89. The maximum Gasteiger partial charge on any atom is 0.410 e. The number of hydrogen-bond donors (Lipinski definition) is 0. The van der Waals surface area contributed by atoms with Crippen LogP contribution in [0.25, 0.3) is 22.6 Å². The van der Waals surface area contributed by atoms with E-state index < -0.39 is 5.54 Å². The summed E-state index contributed by atoms with van der Waals surface area (Å²) in [7, 11) is 1.78. The largest absolute Gasteiger partial charge is 0.474 e. The number of likely N-dealkylation sites (tertiary alicyclic amines) is 2. The molecule has 2 amide bonds. The second kappa shape index (κ2) is 12.4. The van der Waals surface area contributed by atoms with Gasteiger partial charge in [-0.05, 0) is 67.3 Å². The Kier molecular flexibility index (Phi) is 7.90. The van der Waals surface area contributed by atoms with E-state index in [0.717, 1.165) is 35.2 Å². The van der Waals surface area contributed by atoms with E-state index in [4.69, 9.17) is 14.5 Å². The lowest BCUT2D eigenvalue weighted by Crippen LogP contribution is -2.43. The summed E-state index contributed by atoms with van der Waals surface area (Å²) in [6, 6.07) is 21.5. The molecule has 5 aromatic rings. The molecular formula is C37H35FN6O4S. The van der Waals surface area contributed by atoms with Crippen molar-refractivity contribution < 1.29 is 23.5 Å². The number of rotatable bonds is 8. The molecule has 3 aromatic heterocycles. The Hall–Kier alpha value is -5.10. The molecule has 0 radical (unpaired) electrons. The molecule has 2 saturated heterocycles. The number of ether oxygens (including phenoxy) is 2. The fraction of sp³-hybridized carbons (Fsp3) is 0.324. The van der Waals surface area contributed by atoms with Crippen LogP contribution in [0.1, 0.15) is 41.4 Å². The topological polar surface area (TPSA) is 103 Å². The molecule has 2 unspecified atom stereocenters. The molecule has 12 heteroatoms. The highest BCUT2D eigenvalue weighted by Gasteiger charge is 2.59. The van der Waals surface area contributed by atoms with Gasteiger partial charge in [-0.15, -0.1) is 11.3 Å². The highest BCUT2D eigenvalue weighted by molar-refractivity contribution is 7.07. The summed E-state index contributed by atoms with van der Waals surface area (Å²) in [6.07, 6.45) is 1.09. The van der Waals surface area contributed by atoms with Crippen molar-refractivity contribution in [2.75, 3.05) is 19.6 Å². The van der Waals surface area contributed by atoms with Crippen LogP contribution in [0.3, 0.4) is 0 Å². The van der Waals surface area contributed by atoms with Gasteiger partial charge < -0.3 is 14.4 Å². The Balaban J connectivity index is 1.00. The Labute approximate surface area is 287 Å². The Bertz CT molecular complexity index is 1990. The van der Waals surface area contributed by atoms with Crippen molar-refractivity contribution >= 4 is 23.3 Å². The third kappa shape index (κ3) is 5.94. The average molecular weight is 679 g/mol. The van der Waals surface area contributed by atoms with Crippen LogP contribution in [0.15, 0.2) is 83.7 Å². The molecule has 250 valence electrons. The van der Waals surface area contributed by atoms with Crippen molar-refractivity contribution in [2.24, 2.45) is 18.9 Å². The van der Waals surface area contributed by atoms with Crippen molar-refractivity contribution in [2.45, 2.75) is 38.0 Å². The van der Waals surface area contributed by atoms with Crippen LogP contribution in [0.4, 0.5) is 9.18 Å². The number of thiazole rings is 1. The first-order valence-corrected chi connectivity index (χ1v) is 17.4. The molecular weight excluding hydrogens is 644 g/mol. The molecule has 0 spiro atoms. The molecule has 0 bridgehead atoms. The number of pyridine rings is 1. The van der Waals surface area contributed by atoms with E-state index in [0.29, 0.717) is 42.6 Å². The molecule has 3 aliphatic rings. The number of halogens is 1. The second-order valence-corrected chi connectivity index (χ2v) is 13.9. The first-order chi connectivity index (χ1) is 23.8. The quantitative estimate of drug-likeness (QED) is 0.184. The van der Waals surface area contributed by atoms with Crippen molar-refractivity contribution in [1.82, 2.24) is 29.5 Å². The second-order valence-electron chi connectivity index (χ2n) is 13.2. The molecule has 0 N–H and O–H groups in total. The number of carbonyl (C=O) groups is 2. The first kappa shape index (κ1) is 31.2. The summed E-state index contributed by atoms with van der Waals surface area (Å²) in [4.78, 5) is 39.7. The van der Waals surface area contributed by atoms with Gasteiger partial charge in [0.05, 0.1) is 16.7 Å². The van der Waals surface area contributed by atoms with Gasteiger partial charge in [0.25, 0.3) is 5.91 Å². The summed E-state index contributed by atoms with van der Waals surface area (Å²) in [5, 5.41) is 6.41. The van der Waals surface area contributed by atoms with Crippen molar-refractivity contribution in [3.63, 3.8) is 0 Å². The van der Waals surface area contributed by atoms with E-state index in [1.807, 2.05) is 59.7 Å². The Morgan fingerprint density at radius 2 is 1.78 bits per heavy atom. The Morgan fingerprint density at radius 1 is 1.00 bits per heavy atom. The summed E-state index contributed by atoms with van der Waals surface area (Å²) in [5.74, 6) is 0.415. The third-order valence-electron chi connectivity index (χ3n) is 10.1. The first-order valence-electron chi connectivity index (χ1n) is 16.4. The van der Waals surface area contributed by atoms with Gasteiger partial charge in [-0.3, -0.25) is 14.4 Å². The molecule has 8 rings (SSSR count). The summed E-state index contributed by atoms with van der Waals surface area (Å²) < 4.78 is 27.8. The standard InChI is InChI=1S/C37H35FN6O4S/c1-37(13-6-14-44(37)36(46)47-20-23-7-4-3-5-8-23)25-15-29(24-9-11-26(38)12-10-24)40-33(16-25)48-34-27-18-43(19-28(27)34)35(45)32-17-30(41-42(32)2)31-21-49-22-39-31/h3-5,7-12,15-17,21-22,27-28,34H,6,13-14,18-20H2,1-2H3/t27-,28+,34?,37?. The minimum atomic E-state index is -0.660. The van der Waals surface area contributed by atoms with Crippen LogP contribution in [-0.4, -0.2) is 67.3 Å². The predicted molar refractivity (Wildman–Crippen MR) is 181 cm³/mol. The fourth-order valence-electron chi connectivity index (χ4n) is 7.24. The van der Waals surface area contributed by atoms with Crippen LogP contribution < -0.4 is 4.74 Å². The van der Waals surface area contributed by atoms with Crippen LogP contribution in [-0.2, 0) is 23.9 Å². The van der Waals surface area contributed by atoms with Gasteiger partial charge >= 0.3 is 6.09 Å². The molecule has 2 aliphatic heterocycles. The minimum absolute atomic E-state index is 0.0606. The zero-order valence-electron chi connectivity index (χ0n) is 27.2. The number of hydrogen-bond acceptors (Lipinski definition) is 8. The number of nitrogens with zero attached hydrogens (tertiary/aromatic N) is 6. The average Bonchev–Trinajstić information content (AvgIpc) is 3.75. The fourth-order valence-corrected chi connectivity index (χ4v) is 7.79. The molecule has 1 aliphatic carbocycles. The predicted octanol–water partition coefficient (Wildman–Crippen LogP) is 6.54. The van der Waals surface area contributed by atoms with Gasteiger partial charge in [0.15, 0.2) is 0 Å². The monoisotopic (exact) mass is 678 g/mol. The van der Waals surface area contributed by atoms with Crippen LogP contribution in [0, 0.1) is 17.7 Å². The lowest BCUT2D eigenvalue weighted by Gasteiger charge is -2.35. The molecule has 3 fully saturated rings. The number of carbonyl (C=O) groups excluding carboxylic acids is 2. The molecule has 1 saturated carbocycles. The summed E-state index contributed by atoms with van der Waals surface area (Å²) in [5.41, 5.74) is 6.22. The van der Waals surface area contributed by atoms with Crippen LogP contribution in [0.5, 0.6) is 5.88 Å². The van der Waals surface area contributed by atoms with Crippen molar-refractivity contribution in [1.29, 1.82) is 0 Å². The number of aryl methyl sites for hydroxylation is 1. The molecule has 10 nitrogen and oxygen atoms in total. The molecule has 4 atom stereocenters. The zero-order chi connectivity index (χ0) is 33.7. The van der Waals surface area contributed by atoms with E-state index in [1.165, 1.54) is 23.5 Å². The van der Waals surface area contributed by atoms with E-state index in [9.17, 15) is 14.0 Å². The van der Waals surface area contributed by atoms with Crippen molar-refractivity contribution in [3.05, 3.63) is 106 Å². The van der Waals surface area contributed by atoms with Gasteiger partial charge in [0, 0.05) is 55.5 Å². The number of aromatic nitrogens is 4. The summed E-state index contributed by atoms with van der Waals surface area (Å²) in [6.45, 7) is 3.96. The maximum absolute atomic E-state index is 13.9. The molecule has 2 aromatic carbocycles. The van der Waals surface area contributed by atoms with Crippen LogP contribution >= 0.6 is 11.3 Å². The van der Waals surface area contributed by atoms with E-state index in [2.05, 4.69) is 10.1 Å². The molecule has 5 heterocycles. The van der Waals surface area contributed by atoms with E-state index in [-0.39, 0.29) is 42.4 Å². The lowest BCUT2D eigenvalue weighted by molar-refractivity contribution is 0.0688.